The van der Waals surface area contributed by atoms with E-state index in [1.54, 1.807) is 17.4 Å². The number of aliphatic imine (C=N–C) groups is 1. The molecule has 0 atom stereocenters. The van der Waals surface area contributed by atoms with E-state index in [0.29, 0.717) is 18.7 Å². The van der Waals surface area contributed by atoms with Gasteiger partial charge in [0.25, 0.3) is 0 Å². The van der Waals surface area contributed by atoms with E-state index in [9.17, 15) is 0 Å². The smallest absolute Gasteiger partial charge is 0.191 e. The molecular formula is C17H21N5S. The molecule has 0 bridgehead atoms. The third-order valence-electron chi connectivity index (χ3n) is 3.18. The van der Waals surface area contributed by atoms with E-state index in [-0.39, 0.29) is 0 Å². The number of hydrogen-bond donors (Lipinski definition) is 2. The third-order valence-corrected chi connectivity index (χ3v) is 4.32. The number of nitrogens with zero attached hydrogens (tertiary/aromatic N) is 3. The summed E-state index contributed by atoms with van der Waals surface area (Å²) in [6, 6.07) is 9.66. The number of guanidine groups is 1. The number of hydrogen-bond acceptors (Lipinski definition) is 4. The zero-order chi connectivity index (χ0) is 16.5. The summed E-state index contributed by atoms with van der Waals surface area (Å²) in [5, 5.41) is 16.5. The molecule has 2 N–H and O–H groups in total. The number of nitriles is 1. The lowest BCUT2D eigenvalue weighted by atomic mass is 10.1. The Balaban J connectivity index is 1.97. The first-order valence-electron chi connectivity index (χ1n) is 7.70. The molecule has 1 aromatic heterocycles. The summed E-state index contributed by atoms with van der Waals surface area (Å²) in [6.07, 6.45) is 2.94. The molecule has 0 unspecified atom stereocenters. The first kappa shape index (κ1) is 17.0. The van der Waals surface area contributed by atoms with Crippen molar-refractivity contribution in [2.24, 2.45) is 4.99 Å². The highest BCUT2D eigenvalue weighted by molar-refractivity contribution is 7.11. The average Bonchev–Trinajstić information content (AvgIpc) is 3.05. The van der Waals surface area contributed by atoms with Crippen molar-refractivity contribution >= 4 is 17.3 Å². The van der Waals surface area contributed by atoms with Crippen LogP contribution in [-0.2, 0) is 19.5 Å². The number of aryl methyl sites for hydroxylation is 1. The van der Waals surface area contributed by atoms with Gasteiger partial charge in [-0.2, -0.15) is 5.26 Å². The van der Waals surface area contributed by atoms with Crippen LogP contribution in [0.1, 0.15) is 34.9 Å². The van der Waals surface area contributed by atoms with E-state index in [1.807, 2.05) is 31.3 Å². The quantitative estimate of drug-likeness (QED) is 0.632. The number of thiazole rings is 1. The van der Waals surface area contributed by atoms with Gasteiger partial charge in [0.2, 0.25) is 0 Å². The summed E-state index contributed by atoms with van der Waals surface area (Å²) in [4.78, 5) is 10.2. The van der Waals surface area contributed by atoms with Crippen LogP contribution in [-0.4, -0.2) is 17.5 Å². The Hall–Kier alpha value is -2.39. The van der Waals surface area contributed by atoms with Gasteiger partial charge < -0.3 is 10.6 Å². The second-order valence-electron chi connectivity index (χ2n) is 4.93. The molecule has 2 rings (SSSR count). The van der Waals surface area contributed by atoms with Crippen LogP contribution in [0.15, 0.2) is 35.5 Å². The molecule has 120 valence electrons. The maximum Gasteiger partial charge on any atom is 0.191 e. The fourth-order valence-electron chi connectivity index (χ4n) is 2.00. The molecule has 5 nitrogen and oxygen atoms in total. The normalized spacial score (nSPS) is 11.1. The molecule has 6 heteroatoms. The van der Waals surface area contributed by atoms with Crippen LogP contribution in [0, 0.1) is 11.3 Å². The minimum Gasteiger partial charge on any atom is -0.357 e. The molecule has 0 saturated carbocycles. The van der Waals surface area contributed by atoms with Crippen molar-refractivity contribution in [3.8, 4) is 6.07 Å². The predicted octanol–water partition coefficient (Wildman–Crippen LogP) is 2.83. The van der Waals surface area contributed by atoms with Gasteiger partial charge in [0.05, 0.1) is 24.7 Å². The SMILES string of the molecule is CCNC(=NCc1cccc(C#N)c1)NCc1ncc(CC)s1. The molecule has 23 heavy (non-hydrogen) atoms. The van der Waals surface area contributed by atoms with Crippen molar-refractivity contribution in [3.63, 3.8) is 0 Å². The maximum atomic E-state index is 8.94. The number of rotatable bonds is 6. The van der Waals surface area contributed by atoms with Crippen molar-refractivity contribution < 1.29 is 0 Å². The molecule has 0 aliphatic rings. The highest BCUT2D eigenvalue weighted by Gasteiger charge is 2.03. The fourth-order valence-corrected chi connectivity index (χ4v) is 2.81. The number of aromatic nitrogens is 1. The molecule has 0 aliphatic heterocycles. The Labute approximate surface area is 141 Å². The summed E-state index contributed by atoms with van der Waals surface area (Å²) >= 11 is 1.72. The monoisotopic (exact) mass is 327 g/mol. The Morgan fingerprint density at radius 3 is 2.91 bits per heavy atom. The first-order chi connectivity index (χ1) is 11.2. The lowest BCUT2D eigenvalue weighted by Gasteiger charge is -2.10. The fraction of sp³-hybridized carbons (Fsp3) is 0.353. The van der Waals surface area contributed by atoms with Crippen molar-refractivity contribution in [3.05, 3.63) is 51.5 Å². The molecule has 1 heterocycles. The van der Waals surface area contributed by atoms with Gasteiger partial charge in [0.1, 0.15) is 5.01 Å². The van der Waals surface area contributed by atoms with E-state index in [4.69, 9.17) is 5.26 Å². The molecule has 0 spiro atoms. The van der Waals surface area contributed by atoms with Crippen LogP contribution in [0.25, 0.3) is 0 Å². The Morgan fingerprint density at radius 1 is 1.35 bits per heavy atom. The summed E-state index contributed by atoms with van der Waals surface area (Å²) in [6.45, 7) is 6.15. The van der Waals surface area contributed by atoms with Crippen LogP contribution in [0.2, 0.25) is 0 Å². The molecule has 2 aromatic rings. The Bertz CT molecular complexity index is 699. The Kier molecular flexibility index (Phi) is 6.57. The van der Waals surface area contributed by atoms with Gasteiger partial charge in [0.15, 0.2) is 5.96 Å². The average molecular weight is 327 g/mol. The number of nitrogens with one attached hydrogen (secondary N) is 2. The number of benzene rings is 1. The second-order valence-corrected chi connectivity index (χ2v) is 6.13. The van der Waals surface area contributed by atoms with Gasteiger partial charge in [-0.3, -0.25) is 0 Å². The van der Waals surface area contributed by atoms with E-state index in [1.165, 1.54) is 4.88 Å². The van der Waals surface area contributed by atoms with Gasteiger partial charge in [0, 0.05) is 17.6 Å². The topological polar surface area (TPSA) is 73.1 Å². The lowest BCUT2D eigenvalue weighted by Crippen LogP contribution is -2.36. The van der Waals surface area contributed by atoms with Crippen LogP contribution < -0.4 is 10.6 Å². The minimum atomic E-state index is 0.531. The van der Waals surface area contributed by atoms with Crippen molar-refractivity contribution in [1.29, 1.82) is 5.26 Å². The molecule has 0 fully saturated rings. The van der Waals surface area contributed by atoms with Crippen LogP contribution in [0.5, 0.6) is 0 Å². The summed E-state index contributed by atoms with van der Waals surface area (Å²) in [7, 11) is 0. The van der Waals surface area contributed by atoms with Crippen LogP contribution in [0.3, 0.4) is 0 Å². The van der Waals surface area contributed by atoms with Gasteiger partial charge in [-0.05, 0) is 31.0 Å². The summed E-state index contributed by atoms with van der Waals surface area (Å²) in [5.41, 5.74) is 1.68. The zero-order valence-electron chi connectivity index (χ0n) is 13.5. The van der Waals surface area contributed by atoms with E-state index in [2.05, 4.69) is 33.6 Å². The standard InChI is InChI=1S/C17H21N5S/c1-3-15-11-20-16(23-15)12-22-17(19-4-2)21-10-14-7-5-6-13(8-14)9-18/h5-8,11H,3-4,10,12H2,1-2H3,(H2,19,21,22). The second kappa shape index (κ2) is 8.91. The van der Waals surface area contributed by atoms with E-state index >= 15 is 0 Å². The molecule has 0 radical (unpaired) electrons. The predicted molar refractivity (Wildman–Crippen MR) is 94.3 cm³/mol. The maximum absolute atomic E-state index is 8.94. The van der Waals surface area contributed by atoms with E-state index < -0.39 is 0 Å². The van der Waals surface area contributed by atoms with Crippen molar-refractivity contribution in [2.75, 3.05) is 6.54 Å². The summed E-state index contributed by atoms with van der Waals surface area (Å²) < 4.78 is 0. The molecule has 0 amide bonds. The van der Waals surface area contributed by atoms with Gasteiger partial charge in [-0.15, -0.1) is 11.3 Å². The molecule has 0 saturated heterocycles. The van der Waals surface area contributed by atoms with Gasteiger partial charge in [-0.1, -0.05) is 19.1 Å². The van der Waals surface area contributed by atoms with Crippen molar-refractivity contribution in [2.45, 2.75) is 33.4 Å². The highest BCUT2D eigenvalue weighted by Crippen LogP contribution is 2.12. The first-order valence-corrected chi connectivity index (χ1v) is 8.51. The van der Waals surface area contributed by atoms with Crippen molar-refractivity contribution in [1.82, 2.24) is 15.6 Å². The minimum absolute atomic E-state index is 0.531. The van der Waals surface area contributed by atoms with Gasteiger partial charge in [-0.25, -0.2) is 9.98 Å². The molecule has 1 aromatic carbocycles. The van der Waals surface area contributed by atoms with Crippen LogP contribution >= 0.6 is 11.3 Å². The highest BCUT2D eigenvalue weighted by atomic mass is 32.1. The molecular weight excluding hydrogens is 306 g/mol. The Morgan fingerprint density at radius 2 is 2.22 bits per heavy atom. The third kappa shape index (κ3) is 5.38. The lowest BCUT2D eigenvalue weighted by molar-refractivity contribution is 0.811. The van der Waals surface area contributed by atoms with Crippen LogP contribution in [0.4, 0.5) is 0 Å². The zero-order valence-corrected chi connectivity index (χ0v) is 14.3. The van der Waals surface area contributed by atoms with Gasteiger partial charge >= 0.3 is 0 Å². The molecule has 0 aliphatic carbocycles. The largest absolute Gasteiger partial charge is 0.357 e. The van der Waals surface area contributed by atoms with E-state index in [0.717, 1.165) is 29.5 Å². The summed E-state index contributed by atoms with van der Waals surface area (Å²) in [5.74, 6) is 0.753.